The smallest absolute Gasteiger partial charge is 0.336 e. The number of unbranched alkanes of at least 4 members (excludes halogenated alkanes) is 2. The molecule has 1 amide bonds. The number of aryl methyl sites for hydroxylation is 1. The monoisotopic (exact) mass is 402 g/mol. The molecule has 0 spiro atoms. The predicted molar refractivity (Wildman–Crippen MR) is 108 cm³/mol. The van der Waals surface area contributed by atoms with E-state index >= 15 is 0 Å². The van der Waals surface area contributed by atoms with Gasteiger partial charge in [0, 0.05) is 17.5 Å². The minimum absolute atomic E-state index is 0.305. The quantitative estimate of drug-likeness (QED) is 0.578. The van der Waals surface area contributed by atoms with Gasteiger partial charge in [0.2, 0.25) is 0 Å². The van der Waals surface area contributed by atoms with Gasteiger partial charge in [-0.1, -0.05) is 33.1 Å². The molecule has 0 unspecified atom stereocenters. The predicted octanol–water partition coefficient (Wildman–Crippen LogP) is 2.33. The number of benzene rings is 1. The molecule has 0 aliphatic rings. The average molecular weight is 402 g/mol. The van der Waals surface area contributed by atoms with Crippen LogP contribution in [0.15, 0.2) is 33.5 Å². The molecular formula is C22H28NO6-. The lowest BCUT2D eigenvalue weighted by Gasteiger charge is -2.22. The first-order chi connectivity index (χ1) is 13.8. The van der Waals surface area contributed by atoms with E-state index in [2.05, 4.69) is 12.2 Å². The van der Waals surface area contributed by atoms with Gasteiger partial charge in [0.25, 0.3) is 5.91 Å². The van der Waals surface area contributed by atoms with E-state index in [9.17, 15) is 19.5 Å². The molecule has 158 valence electrons. The van der Waals surface area contributed by atoms with E-state index in [1.165, 1.54) is 13.0 Å². The van der Waals surface area contributed by atoms with E-state index in [0.29, 0.717) is 24.2 Å². The van der Waals surface area contributed by atoms with E-state index < -0.39 is 29.6 Å². The van der Waals surface area contributed by atoms with E-state index in [-0.39, 0.29) is 0 Å². The number of carboxylic acid groups (broad SMARTS) is 1. The lowest BCUT2D eigenvalue weighted by Crippen LogP contribution is -2.51. The Balaban J connectivity index is 2.13. The number of fused-ring (bicyclic) bond motifs is 1. The fourth-order valence-corrected chi connectivity index (χ4v) is 3.06. The number of carbonyl (C=O) groups is 2. The summed E-state index contributed by atoms with van der Waals surface area (Å²) in [6, 6.07) is 5.53. The van der Waals surface area contributed by atoms with Gasteiger partial charge in [0.1, 0.15) is 11.3 Å². The van der Waals surface area contributed by atoms with E-state index in [1.54, 1.807) is 18.2 Å². The molecule has 7 nitrogen and oxygen atoms in total. The molecule has 29 heavy (non-hydrogen) atoms. The molecule has 0 aliphatic heterocycles. The molecule has 0 saturated heterocycles. The maximum Gasteiger partial charge on any atom is 0.336 e. The van der Waals surface area contributed by atoms with Crippen molar-refractivity contribution in [3.63, 3.8) is 0 Å². The first-order valence-electron chi connectivity index (χ1n) is 10.1. The number of carbonyl (C=O) groups excluding carboxylic acids is 2. The van der Waals surface area contributed by atoms with Gasteiger partial charge in [0.05, 0.1) is 12.0 Å². The Morgan fingerprint density at radius 2 is 1.90 bits per heavy atom. The number of rotatable bonds is 11. The highest BCUT2D eigenvalue weighted by Gasteiger charge is 2.20. The maximum atomic E-state index is 12.3. The Morgan fingerprint density at radius 3 is 2.55 bits per heavy atom. The maximum absolute atomic E-state index is 12.3. The highest BCUT2D eigenvalue weighted by molar-refractivity contribution is 5.86. The number of carboxylic acids is 1. The number of nitrogens with one attached hydrogen (secondary N) is 1. The summed E-state index contributed by atoms with van der Waals surface area (Å²) in [6.07, 6.45) is 3.61. The minimum atomic E-state index is -1.31. The highest BCUT2D eigenvalue weighted by Crippen LogP contribution is 2.24. The Kier molecular flexibility index (Phi) is 8.24. The topological polar surface area (TPSA) is 109 Å². The van der Waals surface area contributed by atoms with Crippen LogP contribution in [0.4, 0.5) is 0 Å². The molecule has 0 saturated carbocycles. The van der Waals surface area contributed by atoms with Crippen molar-refractivity contribution >= 4 is 22.8 Å². The van der Waals surface area contributed by atoms with Crippen LogP contribution in [0.1, 0.15) is 58.4 Å². The zero-order chi connectivity index (χ0) is 21.4. The molecule has 7 heteroatoms. The highest BCUT2D eigenvalue weighted by atomic mass is 16.5. The third-order valence-electron chi connectivity index (χ3n) is 4.73. The SMILES string of the molecule is CCCCc1cc(=O)oc2cc(O[C@@H](C)C(=O)N[C@@H](CCCC)C(=O)[O-])ccc12. The molecule has 2 atom stereocenters. The Morgan fingerprint density at radius 1 is 1.17 bits per heavy atom. The first-order valence-corrected chi connectivity index (χ1v) is 10.1. The molecule has 1 heterocycles. The second-order valence-corrected chi connectivity index (χ2v) is 7.13. The van der Waals surface area contributed by atoms with Crippen LogP contribution in [0, 0.1) is 0 Å². The van der Waals surface area contributed by atoms with Gasteiger partial charge in [0.15, 0.2) is 6.10 Å². The van der Waals surface area contributed by atoms with Crippen molar-refractivity contribution < 1.29 is 23.8 Å². The van der Waals surface area contributed by atoms with Crippen LogP contribution in [0.25, 0.3) is 11.0 Å². The zero-order valence-electron chi connectivity index (χ0n) is 17.2. The molecule has 1 aromatic carbocycles. The van der Waals surface area contributed by atoms with Crippen LogP contribution in [-0.4, -0.2) is 24.0 Å². The summed E-state index contributed by atoms with van der Waals surface area (Å²) in [6.45, 7) is 5.55. The van der Waals surface area contributed by atoms with Crippen LogP contribution in [-0.2, 0) is 16.0 Å². The van der Waals surface area contributed by atoms with Crippen LogP contribution in [0.5, 0.6) is 5.75 Å². The number of aliphatic carboxylic acids is 1. The van der Waals surface area contributed by atoms with Gasteiger partial charge in [-0.15, -0.1) is 0 Å². The van der Waals surface area contributed by atoms with Gasteiger partial charge in [-0.05, 0) is 43.9 Å². The molecule has 0 radical (unpaired) electrons. The second-order valence-electron chi connectivity index (χ2n) is 7.13. The van der Waals surface area contributed by atoms with Crippen molar-refractivity contribution in [2.24, 2.45) is 0 Å². The summed E-state index contributed by atoms with van der Waals surface area (Å²) in [5.74, 6) is -1.51. The third kappa shape index (κ3) is 6.34. The Hall–Kier alpha value is -2.83. The molecule has 1 aromatic heterocycles. The van der Waals surface area contributed by atoms with Crippen molar-refractivity contribution in [3.05, 3.63) is 40.2 Å². The van der Waals surface area contributed by atoms with Crippen molar-refractivity contribution in [1.82, 2.24) is 5.32 Å². The Bertz CT molecular complexity index is 904. The van der Waals surface area contributed by atoms with E-state index in [1.807, 2.05) is 6.92 Å². The molecule has 0 bridgehead atoms. The number of ether oxygens (including phenoxy) is 1. The van der Waals surface area contributed by atoms with Crippen molar-refractivity contribution in [1.29, 1.82) is 0 Å². The van der Waals surface area contributed by atoms with Gasteiger partial charge < -0.3 is 24.4 Å². The fourth-order valence-electron chi connectivity index (χ4n) is 3.06. The zero-order valence-corrected chi connectivity index (χ0v) is 17.2. The number of amides is 1. The van der Waals surface area contributed by atoms with Gasteiger partial charge in [-0.2, -0.15) is 0 Å². The van der Waals surface area contributed by atoms with Crippen LogP contribution >= 0.6 is 0 Å². The summed E-state index contributed by atoms with van der Waals surface area (Å²) < 4.78 is 10.9. The van der Waals surface area contributed by atoms with Gasteiger partial charge in [-0.25, -0.2) is 4.79 Å². The number of hydrogen-bond donors (Lipinski definition) is 1. The van der Waals surface area contributed by atoms with E-state index in [0.717, 1.165) is 36.6 Å². The van der Waals surface area contributed by atoms with Crippen molar-refractivity contribution in [2.75, 3.05) is 0 Å². The first kappa shape index (κ1) is 22.5. The normalized spacial score (nSPS) is 13.1. The molecule has 2 rings (SSSR count). The second kappa shape index (κ2) is 10.6. The van der Waals surface area contributed by atoms with Crippen LogP contribution in [0.2, 0.25) is 0 Å². The van der Waals surface area contributed by atoms with Gasteiger partial charge >= 0.3 is 5.63 Å². The lowest BCUT2D eigenvalue weighted by molar-refractivity contribution is -0.308. The molecule has 0 fully saturated rings. The average Bonchev–Trinajstić information content (AvgIpc) is 2.68. The van der Waals surface area contributed by atoms with Crippen molar-refractivity contribution in [3.8, 4) is 5.75 Å². The molecule has 0 aliphatic carbocycles. The molecular weight excluding hydrogens is 374 g/mol. The minimum Gasteiger partial charge on any atom is -0.548 e. The molecule has 2 aromatic rings. The summed E-state index contributed by atoms with van der Waals surface area (Å²) in [5, 5.41) is 14.5. The summed E-state index contributed by atoms with van der Waals surface area (Å²) >= 11 is 0. The van der Waals surface area contributed by atoms with E-state index in [4.69, 9.17) is 9.15 Å². The lowest BCUT2D eigenvalue weighted by atomic mass is 10.0. The van der Waals surface area contributed by atoms with Crippen LogP contribution in [0.3, 0.4) is 0 Å². The molecule has 1 N–H and O–H groups in total. The Labute approximate surface area is 170 Å². The largest absolute Gasteiger partial charge is 0.548 e. The summed E-state index contributed by atoms with van der Waals surface area (Å²) in [5.41, 5.74) is 0.881. The van der Waals surface area contributed by atoms with Gasteiger partial charge in [-0.3, -0.25) is 4.79 Å². The summed E-state index contributed by atoms with van der Waals surface area (Å²) in [7, 11) is 0. The van der Waals surface area contributed by atoms with Crippen LogP contribution < -0.4 is 20.8 Å². The summed E-state index contributed by atoms with van der Waals surface area (Å²) in [4.78, 5) is 35.4. The number of hydrogen-bond acceptors (Lipinski definition) is 6. The van der Waals surface area contributed by atoms with Crippen molar-refractivity contribution in [2.45, 2.75) is 71.4 Å². The third-order valence-corrected chi connectivity index (χ3v) is 4.73. The standard InChI is InChI=1S/C22H29NO6/c1-4-6-8-15-12-20(24)29-19-13-16(10-11-17(15)19)28-14(3)21(25)23-18(22(26)27)9-7-5-2/h10-14,18H,4-9H2,1-3H3,(H,23,25)(H,26,27)/p-1/t14-,18-/m0/s1. The fraction of sp³-hybridized carbons (Fsp3) is 0.500.